The summed E-state index contributed by atoms with van der Waals surface area (Å²) in [6.45, 7) is 3.49. The van der Waals surface area contributed by atoms with Crippen molar-refractivity contribution in [1.82, 2.24) is 16.0 Å². The van der Waals surface area contributed by atoms with Crippen LogP contribution in [0.5, 0.6) is 11.5 Å². The molecule has 10 heteroatoms. The lowest BCUT2D eigenvalue weighted by Crippen LogP contribution is -2.57. The van der Waals surface area contributed by atoms with Gasteiger partial charge in [0, 0.05) is 24.0 Å². The molecule has 3 N–H and O–H groups in total. The fourth-order valence-electron chi connectivity index (χ4n) is 5.42. The van der Waals surface area contributed by atoms with Gasteiger partial charge in [-0.3, -0.25) is 19.5 Å². The van der Waals surface area contributed by atoms with E-state index in [1.54, 1.807) is 11.1 Å². The molecule has 2 aromatic carbocycles. The second-order valence-corrected chi connectivity index (χ2v) is 10.8. The van der Waals surface area contributed by atoms with E-state index in [1.165, 1.54) is 17.8 Å². The molecule has 9 nitrogen and oxygen atoms in total. The molecule has 0 spiro atoms. The molecule has 3 heterocycles. The number of aliphatic imine (C=N–C) groups is 1. The number of carbonyl (C=O) groups excluding carboxylic acids is 3. The van der Waals surface area contributed by atoms with Gasteiger partial charge in [-0.25, -0.2) is 4.79 Å². The molecule has 3 aliphatic heterocycles. The monoisotopic (exact) mass is 541 g/mol. The van der Waals surface area contributed by atoms with Crippen LogP contribution in [-0.4, -0.2) is 41.0 Å². The average Bonchev–Trinajstić information content (AvgIpc) is 3.55. The van der Waals surface area contributed by atoms with Crippen LogP contribution in [0.25, 0.3) is 0 Å². The molecule has 4 amide bonds. The summed E-state index contributed by atoms with van der Waals surface area (Å²) in [5.41, 5.74) is 1.30. The number of amides is 4. The highest BCUT2D eigenvalue weighted by Crippen LogP contribution is 2.45. The number of benzene rings is 2. The van der Waals surface area contributed by atoms with Crippen molar-refractivity contribution in [2.24, 2.45) is 10.9 Å². The molecule has 2 fully saturated rings. The first-order chi connectivity index (χ1) is 19.0. The van der Waals surface area contributed by atoms with Gasteiger partial charge < -0.3 is 20.7 Å². The first kappa shape index (κ1) is 25.0. The molecule has 1 aliphatic carbocycles. The molecule has 1 saturated heterocycles. The molecule has 4 unspecified atom stereocenters. The van der Waals surface area contributed by atoms with Gasteiger partial charge in [0.25, 0.3) is 5.91 Å². The quantitative estimate of drug-likeness (QED) is 0.455. The van der Waals surface area contributed by atoms with E-state index >= 15 is 0 Å². The topological polar surface area (TPSA) is 112 Å². The first-order valence-electron chi connectivity index (χ1n) is 12.8. The lowest BCUT2D eigenvalue weighted by atomic mass is 9.91. The first-order valence-corrected chi connectivity index (χ1v) is 13.6. The highest BCUT2D eigenvalue weighted by atomic mass is 32.2. The molecule has 0 radical (unpaired) electrons. The predicted molar refractivity (Wildman–Crippen MR) is 150 cm³/mol. The minimum atomic E-state index is -0.315. The number of thioether (sulfide) groups is 1. The number of nitrogens with zero attached hydrogens (tertiary/aromatic N) is 2. The van der Waals surface area contributed by atoms with E-state index in [9.17, 15) is 14.4 Å². The van der Waals surface area contributed by atoms with E-state index in [2.05, 4.69) is 27.5 Å². The van der Waals surface area contributed by atoms with Crippen molar-refractivity contribution in [2.45, 2.75) is 37.4 Å². The summed E-state index contributed by atoms with van der Waals surface area (Å²) in [5.74, 6) is 0.703. The van der Waals surface area contributed by atoms with Crippen LogP contribution in [0, 0.1) is 5.92 Å². The van der Waals surface area contributed by atoms with Gasteiger partial charge in [0.2, 0.25) is 5.91 Å². The molecule has 39 heavy (non-hydrogen) atoms. The highest BCUT2D eigenvalue weighted by molar-refractivity contribution is 8.18. The maximum absolute atomic E-state index is 13.4. The summed E-state index contributed by atoms with van der Waals surface area (Å²) in [7, 11) is 0. The van der Waals surface area contributed by atoms with Crippen molar-refractivity contribution in [2.75, 3.05) is 4.90 Å². The number of nitrogens with one attached hydrogen (secondary N) is 3. The maximum Gasteiger partial charge on any atom is 0.326 e. The van der Waals surface area contributed by atoms with Crippen LogP contribution in [0.1, 0.15) is 19.3 Å². The van der Waals surface area contributed by atoms with E-state index in [1.807, 2.05) is 60.7 Å². The van der Waals surface area contributed by atoms with Gasteiger partial charge in [-0.15, -0.1) is 0 Å². The third-order valence-corrected chi connectivity index (χ3v) is 8.39. The molecule has 0 aromatic heterocycles. The number of carbonyl (C=O) groups is 3. The Morgan fingerprint density at radius 2 is 1.77 bits per heavy atom. The van der Waals surface area contributed by atoms with Crippen molar-refractivity contribution in [3.05, 3.63) is 90.1 Å². The zero-order valence-electron chi connectivity index (χ0n) is 21.0. The van der Waals surface area contributed by atoms with Crippen LogP contribution < -0.4 is 25.6 Å². The van der Waals surface area contributed by atoms with Crippen LogP contribution in [0.3, 0.4) is 0 Å². The van der Waals surface area contributed by atoms with E-state index in [-0.39, 0.29) is 41.9 Å². The fourth-order valence-corrected chi connectivity index (χ4v) is 6.57. The number of para-hydroxylation sites is 1. The highest BCUT2D eigenvalue weighted by Gasteiger charge is 2.49. The summed E-state index contributed by atoms with van der Waals surface area (Å²) >= 11 is 1.30. The molecule has 4 atom stereocenters. The maximum atomic E-state index is 13.4. The van der Waals surface area contributed by atoms with Gasteiger partial charge in [-0.2, -0.15) is 0 Å². The summed E-state index contributed by atoms with van der Waals surface area (Å²) in [5, 5.41) is 9.74. The lowest BCUT2D eigenvalue weighted by molar-refractivity contribution is -0.117. The number of ether oxygens (including phenoxy) is 1. The Morgan fingerprint density at radius 3 is 2.51 bits per heavy atom. The largest absolute Gasteiger partial charge is 0.457 e. The Labute approximate surface area is 230 Å². The van der Waals surface area contributed by atoms with Crippen LogP contribution >= 0.6 is 11.8 Å². The van der Waals surface area contributed by atoms with Crippen molar-refractivity contribution in [3.63, 3.8) is 0 Å². The number of anilines is 1. The van der Waals surface area contributed by atoms with Gasteiger partial charge in [-0.1, -0.05) is 36.5 Å². The third kappa shape index (κ3) is 4.95. The summed E-state index contributed by atoms with van der Waals surface area (Å²) in [6, 6.07) is 16.2. The Kier molecular flexibility index (Phi) is 6.70. The number of hydrogen-bond acceptors (Lipinski definition) is 6. The molecular formula is C29H27N5O4S. The average molecular weight is 542 g/mol. The van der Waals surface area contributed by atoms with Crippen molar-refractivity contribution in [1.29, 1.82) is 0 Å². The standard InChI is InChI=1S/C29H27N5O4S/c1-2-23(35)31-17-8-9-18(16-17)32-27(36)26-25-24-22(14-15-30-28(24)39-26)34(29(37)33-25)19-10-12-21(13-11-19)38-20-6-4-3-5-7-20/h2-7,10-15,17-18,22,24H,1,8-9,16H2,(H,31,35)(H,32,36)(H,33,37). The molecule has 198 valence electrons. The van der Waals surface area contributed by atoms with Crippen molar-refractivity contribution < 1.29 is 19.1 Å². The van der Waals surface area contributed by atoms with Crippen LogP contribution in [0.15, 0.2) is 95.1 Å². The van der Waals surface area contributed by atoms with Crippen LogP contribution in [0.4, 0.5) is 10.5 Å². The second kappa shape index (κ2) is 10.5. The predicted octanol–water partition coefficient (Wildman–Crippen LogP) is 4.22. The Hall–Kier alpha value is -4.31. The van der Waals surface area contributed by atoms with Gasteiger partial charge in [-0.05, 0) is 67.8 Å². The number of rotatable bonds is 7. The molecule has 0 bridgehead atoms. The Balaban J connectivity index is 1.18. The van der Waals surface area contributed by atoms with Gasteiger partial charge >= 0.3 is 6.03 Å². The SMILES string of the molecule is C=CC(=O)NC1CCC(NC(=O)C2=C3NC(=O)N(c4ccc(Oc5ccccc5)cc4)C4C=CN=C(S2)C34)C1. The smallest absolute Gasteiger partial charge is 0.326 e. The lowest BCUT2D eigenvalue weighted by Gasteiger charge is -2.40. The molecular weight excluding hydrogens is 514 g/mol. The molecule has 2 aromatic rings. The summed E-state index contributed by atoms with van der Waals surface area (Å²) < 4.78 is 5.89. The van der Waals surface area contributed by atoms with Gasteiger partial charge in [0.15, 0.2) is 0 Å². The summed E-state index contributed by atoms with van der Waals surface area (Å²) in [6.07, 6.45) is 7.04. The number of hydrogen-bond donors (Lipinski definition) is 3. The normalized spacial score (nSPS) is 25.0. The Morgan fingerprint density at radius 1 is 1.05 bits per heavy atom. The zero-order chi connectivity index (χ0) is 26.9. The summed E-state index contributed by atoms with van der Waals surface area (Å²) in [4.78, 5) is 45.0. The molecule has 1 saturated carbocycles. The molecule has 6 rings (SSSR count). The van der Waals surface area contributed by atoms with E-state index < -0.39 is 0 Å². The van der Waals surface area contributed by atoms with Gasteiger partial charge in [0.05, 0.1) is 27.6 Å². The molecule has 4 aliphatic rings. The fraction of sp³-hybridized carbons (Fsp3) is 0.241. The van der Waals surface area contributed by atoms with E-state index in [0.29, 0.717) is 28.5 Å². The van der Waals surface area contributed by atoms with Gasteiger partial charge in [0.1, 0.15) is 11.5 Å². The van der Waals surface area contributed by atoms with E-state index in [4.69, 9.17) is 4.74 Å². The van der Waals surface area contributed by atoms with Crippen LogP contribution in [0.2, 0.25) is 0 Å². The van der Waals surface area contributed by atoms with Crippen molar-refractivity contribution in [3.8, 4) is 11.5 Å². The number of urea groups is 1. The third-order valence-electron chi connectivity index (χ3n) is 7.21. The zero-order valence-corrected chi connectivity index (χ0v) is 21.8. The van der Waals surface area contributed by atoms with E-state index in [0.717, 1.165) is 23.6 Å². The minimum absolute atomic E-state index is 0.00245. The Bertz CT molecular complexity index is 1420. The minimum Gasteiger partial charge on any atom is -0.457 e. The van der Waals surface area contributed by atoms with Crippen LogP contribution in [-0.2, 0) is 9.59 Å². The second-order valence-electron chi connectivity index (χ2n) is 9.72. The van der Waals surface area contributed by atoms with Crippen molar-refractivity contribution >= 4 is 40.3 Å².